The normalized spacial score (nSPS) is 14.1. The number of hydrogen-bond acceptors (Lipinski definition) is 5. The van der Waals surface area contributed by atoms with Gasteiger partial charge in [-0.25, -0.2) is 8.42 Å². The highest BCUT2D eigenvalue weighted by atomic mass is 32.2. The first-order valence-electron chi connectivity index (χ1n) is 16.7. The number of aryl methyl sites for hydroxylation is 1. The van der Waals surface area contributed by atoms with Gasteiger partial charge in [0.25, 0.3) is 10.0 Å². The molecule has 1 N–H and O–H groups in total. The van der Waals surface area contributed by atoms with Crippen molar-refractivity contribution in [2.75, 3.05) is 17.5 Å². The van der Waals surface area contributed by atoms with Crippen LogP contribution >= 0.6 is 0 Å². The Morgan fingerprint density at radius 3 is 2.10 bits per heavy atom. The van der Waals surface area contributed by atoms with E-state index in [-0.39, 0.29) is 29.8 Å². The first-order valence-corrected chi connectivity index (χ1v) is 18.2. The molecule has 1 fully saturated rings. The van der Waals surface area contributed by atoms with E-state index >= 15 is 0 Å². The van der Waals surface area contributed by atoms with Crippen molar-refractivity contribution >= 4 is 27.5 Å². The molecule has 0 aromatic heterocycles. The average molecular weight is 668 g/mol. The highest BCUT2D eigenvalue weighted by Gasteiger charge is 2.35. The summed E-state index contributed by atoms with van der Waals surface area (Å²) >= 11 is 0. The minimum Gasteiger partial charge on any atom is -0.494 e. The van der Waals surface area contributed by atoms with E-state index in [1.807, 2.05) is 68.4 Å². The molecule has 9 heteroatoms. The van der Waals surface area contributed by atoms with Crippen LogP contribution in [0.2, 0.25) is 0 Å². The van der Waals surface area contributed by atoms with Crippen molar-refractivity contribution < 1.29 is 22.7 Å². The lowest BCUT2D eigenvalue weighted by molar-refractivity contribution is -0.140. The molecule has 8 nitrogen and oxygen atoms in total. The van der Waals surface area contributed by atoms with E-state index in [0.29, 0.717) is 18.0 Å². The summed E-state index contributed by atoms with van der Waals surface area (Å²) in [6.07, 6.45) is 5.33. The topological polar surface area (TPSA) is 96.0 Å². The van der Waals surface area contributed by atoms with Crippen molar-refractivity contribution in [3.63, 3.8) is 0 Å². The van der Waals surface area contributed by atoms with Crippen LogP contribution in [-0.4, -0.2) is 50.4 Å². The summed E-state index contributed by atoms with van der Waals surface area (Å²) in [4.78, 5) is 30.6. The van der Waals surface area contributed by atoms with Crippen LogP contribution in [0.25, 0.3) is 0 Å². The summed E-state index contributed by atoms with van der Waals surface area (Å²) in [5, 5.41) is 3.26. The second-order valence-electron chi connectivity index (χ2n) is 12.2. The van der Waals surface area contributed by atoms with Gasteiger partial charge in [0.2, 0.25) is 11.8 Å². The fourth-order valence-corrected chi connectivity index (χ4v) is 7.63. The quantitative estimate of drug-likeness (QED) is 0.162. The van der Waals surface area contributed by atoms with Gasteiger partial charge in [-0.1, -0.05) is 92.1 Å². The van der Waals surface area contributed by atoms with Crippen LogP contribution in [0, 0.1) is 6.92 Å². The third-order valence-electron chi connectivity index (χ3n) is 8.87. The maximum atomic E-state index is 14.7. The number of ether oxygens (including phenoxy) is 1. The molecule has 1 aliphatic carbocycles. The van der Waals surface area contributed by atoms with Gasteiger partial charge >= 0.3 is 0 Å². The van der Waals surface area contributed by atoms with Crippen molar-refractivity contribution in [3.8, 4) is 5.75 Å². The van der Waals surface area contributed by atoms with E-state index in [2.05, 4.69) is 5.32 Å². The minimum atomic E-state index is -4.17. The minimum absolute atomic E-state index is 0.0405. The summed E-state index contributed by atoms with van der Waals surface area (Å²) in [5.41, 5.74) is 3.08. The van der Waals surface area contributed by atoms with E-state index in [1.54, 1.807) is 47.4 Å². The number of anilines is 1. The molecule has 4 aromatic carbocycles. The molecule has 1 atom stereocenters. The molecule has 0 heterocycles. The highest BCUT2D eigenvalue weighted by Crippen LogP contribution is 2.27. The van der Waals surface area contributed by atoms with Gasteiger partial charge in [-0.15, -0.1) is 0 Å². The van der Waals surface area contributed by atoms with E-state index < -0.39 is 28.5 Å². The van der Waals surface area contributed by atoms with Crippen LogP contribution in [0.5, 0.6) is 5.75 Å². The average Bonchev–Trinajstić information content (AvgIpc) is 3.11. The predicted molar refractivity (Wildman–Crippen MR) is 189 cm³/mol. The Hall–Kier alpha value is -4.63. The zero-order valence-electron chi connectivity index (χ0n) is 27.8. The van der Waals surface area contributed by atoms with Crippen LogP contribution < -0.4 is 14.4 Å². The molecule has 252 valence electrons. The second kappa shape index (κ2) is 16.5. The Morgan fingerprint density at radius 1 is 0.833 bits per heavy atom. The van der Waals surface area contributed by atoms with Crippen molar-refractivity contribution in [2.24, 2.45) is 0 Å². The smallest absolute Gasteiger partial charge is 0.264 e. The highest BCUT2D eigenvalue weighted by molar-refractivity contribution is 7.92. The first-order chi connectivity index (χ1) is 23.3. The third kappa shape index (κ3) is 8.83. The monoisotopic (exact) mass is 667 g/mol. The zero-order valence-corrected chi connectivity index (χ0v) is 28.6. The van der Waals surface area contributed by atoms with Crippen molar-refractivity contribution in [2.45, 2.75) is 75.9 Å². The second-order valence-corrected chi connectivity index (χ2v) is 14.1. The fraction of sp³-hybridized carbons (Fsp3) is 0.333. The van der Waals surface area contributed by atoms with Crippen LogP contribution in [0.3, 0.4) is 0 Å². The van der Waals surface area contributed by atoms with Gasteiger partial charge in [-0.2, -0.15) is 0 Å². The van der Waals surface area contributed by atoms with Gasteiger partial charge in [0, 0.05) is 19.0 Å². The molecule has 0 radical (unpaired) electrons. The summed E-state index contributed by atoms with van der Waals surface area (Å²) < 4.78 is 35.2. The molecule has 1 aliphatic rings. The number of sulfonamides is 1. The molecule has 0 aliphatic heterocycles. The molecule has 2 amide bonds. The Balaban J connectivity index is 1.56. The molecule has 0 saturated heterocycles. The van der Waals surface area contributed by atoms with Crippen molar-refractivity contribution in [1.82, 2.24) is 10.2 Å². The molecular weight excluding hydrogens is 623 g/mol. The molecule has 5 rings (SSSR count). The largest absolute Gasteiger partial charge is 0.494 e. The summed E-state index contributed by atoms with van der Waals surface area (Å²) in [6.45, 7) is 3.95. The number of nitrogens with zero attached hydrogens (tertiary/aromatic N) is 2. The van der Waals surface area contributed by atoms with Gasteiger partial charge in [0.15, 0.2) is 0 Å². The summed E-state index contributed by atoms with van der Waals surface area (Å²) in [5.74, 6) is -0.120. The van der Waals surface area contributed by atoms with Crippen molar-refractivity contribution in [1.29, 1.82) is 0 Å². The van der Waals surface area contributed by atoms with Crippen LogP contribution in [0.4, 0.5) is 5.69 Å². The van der Waals surface area contributed by atoms with E-state index in [0.717, 1.165) is 53.1 Å². The molecule has 0 bridgehead atoms. The SMILES string of the molecule is CCOc1ccc(N(CC(=O)N(Cc2ccccc2C)[C@@H](Cc2ccccc2)C(=O)NC2CCCCC2)S(=O)(=O)c2ccccc2)cc1. The maximum Gasteiger partial charge on any atom is 0.264 e. The summed E-state index contributed by atoms with van der Waals surface area (Å²) in [7, 11) is -4.17. The Labute approximate surface area is 284 Å². The van der Waals surface area contributed by atoms with Gasteiger partial charge in [0.1, 0.15) is 18.3 Å². The Bertz CT molecular complexity index is 1740. The molecule has 1 saturated carbocycles. The van der Waals surface area contributed by atoms with Gasteiger partial charge in [-0.3, -0.25) is 13.9 Å². The van der Waals surface area contributed by atoms with Gasteiger partial charge in [-0.05, 0) is 79.8 Å². The number of rotatable bonds is 14. The van der Waals surface area contributed by atoms with Crippen molar-refractivity contribution in [3.05, 3.63) is 126 Å². The Morgan fingerprint density at radius 2 is 1.46 bits per heavy atom. The number of amides is 2. The van der Waals surface area contributed by atoms with E-state index in [9.17, 15) is 18.0 Å². The fourth-order valence-electron chi connectivity index (χ4n) is 6.19. The van der Waals surface area contributed by atoms with Crippen LogP contribution in [0.1, 0.15) is 55.7 Å². The molecule has 48 heavy (non-hydrogen) atoms. The lowest BCUT2D eigenvalue weighted by atomic mass is 9.94. The standard InChI is InChI=1S/C39H45N3O5S/c1-3-47-35-25-23-34(24-26-35)42(48(45,46)36-21-11-6-12-22-36)29-38(43)41(28-32-18-14-13-15-30(32)2)37(27-31-16-7-4-8-17-31)39(44)40-33-19-9-5-10-20-33/h4,6-8,11-18,21-26,33,37H,3,5,9-10,19-20,27-29H2,1-2H3,(H,40,44)/t37-/m0/s1. The number of carbonyl (C=O) groups excluding carboxylic acids is 2. The van der Waals surface area contributed by atoms with Crippen LogP contribution in [0.15, 0.2) is 114 Å². The number of nitrogens with one attached hydrogen (secondary N) is 1. The lowest BCUT2D eigenvalue weighted by Gasteiger charge is -2.35. The molecule has 0 spiro atoms. The number of benzene rings is 4. The lowest BCUT2D eigenvalue weighted by Crippen LogP contribution is -2.55. The van der Waals surface area contributed by atoms with E-state index in [1.165, 1.54) is 12.1 Å². The maximum absolute atomic E-state index is 14.7. The van der Waals surface area contributed by atoms with Crippen LogP contribution in [-0.2, 0) is 32.6 Å². The van der Waals surface area contributed by atoms with E-state index in [4.69, 9.17) is 4.74 Å². The Kier molecular flexibility index (Phi) is 11.9. The molecule has 4 aromatic rings. The molecule has 0 unspecified atom stereocenters. The zero-order chi connectivity index (χ0) is 33.9. The number of hydrogen-bond donors (Lipinski definition) is 1. The predicted octanol–water partition coefficient (Wildman–Crippen LogP) is 6.68. The summed E-state index contributed by atoms with van der Waals surface area (Å²) in [6, 6.07) is 31.3. The van der Waals surface area contributed by atoms with Gasteiger partial charge in [0.05, 0.1) is 17.2 Å². The van der Waals surface area contributed by atoms with Gasteiger partial charge < -0.3 is 15.0 Å². The number of carbonyl (C=O) groups is 2. The molecular formula is C39H45N3O5S. The third-order valence-corrected chi connectivity index (χ3v) is 10.7. The first kappa shape index (κ1) is 34.7.